The Labute approximate surface area is 209 Å². The van der Waals surface area contributed by atoms with Crippen LogP contribution in [0.1, 0.15) is 52.4 Å². The van der Waals surface area contributed by atoms with Crippen LogP contribution >= 0.6 is 0 Å². The van der Waals surface area contributed by atoms with E-state index in [4.69, 9.17) is 22.9 Å². The van der Waals surface area contributed by atoms with E-state index in [-0.39, 0.29) is 25.3 Å². The molecule has 3 amide bonds. The second kappa shape index (κ2) is 17.0. The quantitative estimate of drug-likeness (QED) is 0.0508. The van der Waals surface area contributed by atoms with Crippen molar-refractivity contribution in [2.45, 2.75) is 76.5 Å². The van der Waals surface area contributed by atoms with Crippen LogP contribution in [-0.2, 0) is 24.0 Å². The lowest BCUT2D eigenvalue weighted by molar-refractivity contribution is -0.144. The molecule has 0 fully saturated rings. The largest absolute Gasteiger partial charge is 0.481 e. The molecule has 13 N–H and O–H groups in total. The Kier molecular flexibility index (Phi) is 15.4. The van der Waals surface area contributed by atoms with Crippen LogP contribution in [0.2, 0.25) is 0 Å². The van der Waals surface area contributed by atoms with Gasteiger partial charge in [0.1, 0.15) is 18.1 Å². The van der Waals surface area contributed by atoms with Crippen molar-refractivity contribution in [2.75, 3.05) is 13.1 Å². The number of rotatable bonds is 18. The van der Waals surface area contributed by atoms with Gasteiger partial charge in [0, 0.05) is 6.54 Å². The van der Waals surface area contributed by atoms with Gasteiger partial charge >= 0.3 is 11.9 Å². The lowest BCUT2D eigenvalue weighted by Crippen LogP contribution is -2.58. The van der Waals surface area contributed by atoms with E-state index in [2.05, 4.69) is 20.9 Å². The van der Waals surface area contributed by atoms with E-state index in [1.165, 1.54) is 0 Å². The Morgan fingerprint density at radius 1 is 0.833 bits per heavy atom. The molecule has 4 unspecified atom stereocenters. The van der Waals surface area contributed by atoms with Gasteiger partial charge in [-0.25, -0.2) is 4.79 Å². The first-order valence-corrected chi connectivity index (χ1v) is 11.7. The lowest BCUT2D eigenvalue weighted by atomic mass is 10.0. The number of carboxylic acids is 2. The number of nitrogens with zero attached hydrogens (tertiary/aromatic N) is 1. The molecular formula is C21H40N8O7. The summed E-state index contributed by atoms with van der Waals surface area (Å²) in [4.78, 5) is 64.6. The highest BCUT2D eigenvalue weighted by Gasteiger charge is 2.32. The van der Waals surface area contributed by atoms with E-state index in [1.807, 2.05) is 0 Å². The fraction of sp³-hybridized carbons (Fsp3) is 0.714. The minimum Gasteiger partial charge on any atom is -0.481 e. The Bertz CT molecular complexity index is 786. The van der Waals surface area contributed by atoms with Crippen molar-refractivity contribution in [2.24, 2.45) is 33.8 Å². The van der Waals surface area contributed by atoms with E-state index in [0.29, 0.717) is 25.8 Å². The molecule has 0 aliphatic heterocycles. The van der Waals surface area contributed by atoms with Gasteiger partial charge in [-0.1, -0.05) is 20.3 Å². The second-order valence-electron chi connectivity index (χ2n) is 8.63. The summed E-state index contributed by atoms with van der Waals surface area (Å²) in [7, 11) is 0. The first-order chi connectivity index (χ1) is 16.8. The predicted molar refractivity (Wildman–Crippen MR) is 131 cm³/mol. The number of carbonyl (C=O) groups is 5. The molecule has 0 spiro atoms. The summed E-state index contributed by atoms with van der Waals surface area (Å²) in [5, 5.41) is 25.7. The third-order valence-corrected chi connectivity index (χ3v) is 5.12. The van der Waals surface area contributed by atoms with Crippen molar-refractivity contribution in [1.82, 2.24) is 16.0 Å². The number of aliphatic carboxylic acids is 2. The fourth-order valence-electron chi connectivity index (χ4n) is 3.11. The lowest BCUT2D eigenvalue weighted by Gasteiger charge is -2.26. The van der Waals surface area contributed by atoms with Gasteiger partial charge < -0.3 is 49.1 Å². The maximum atomic E-state index is 12.9. The molecule has 15 nitrogen and oxygen atoms in total. The van der Waals surface area contributed by atoms with Crippen LogP contribution in [0.5, 0.6) is 0 Å². The molecule has 0 aromatic carbocycles. The third kappa shape index (κ3) is 13.4. The van der Waals surface area contributed by atoms with Crippen LogP contribution in [0.25, 0.3) is 0 Å². The zero-order valence-corrected chi connectivity index (χ0v) is 20.7. The number of hydrogen-bond donors (Lipinski definition) is 9. The molecule has 0 rings (SSSR count). The molecule has 0 saturated heterocycles. The van der Waals surface area contributed by atoms with Gasteiger partial charge in [0.2, 0.25) is 17.7 Å². The molecule has 0 aromatic rings. The standard InChI is InChI=1S/C21H40N8O7/c1-11(2)16(29-17(32)12(23)6-3-4-8-22)19(34)28-14(10-15(30)31)18(33)27-13(20(35)36)7-5-9-26-21(24)25/h11-14,16H,3-10,22-23H2,1-2H3,(H,27,33)(H,28,34)(H,29,32)(H,30,31)(H,35,36)(H4,24,25,26). The number of unbranched alkanes of at least 4 members (excludes halogenated alkanes) is 1. The third-order valence-electron chi connectivity index (χ3n) is 5.12. The van der Waals surface area contributed by atoms with Gasteiger partial charge in [-0.15, -0.1) is 0 Å². The van der Waals surface area contributed by atoms with Crippen molar-refractivity contribution in [1.29, 1.82) is 0 Å². The number of guanidine groups is 1. The van der Waals surface area contributed by atoms with E-state index in [9.17, 15) is 34.2 Å². The minimum atomic E-state index is -1.59. The highest BCUT2D eigenvalue weighted by molar-refractivity contribution is 5.95. The molecular weight excluding hydrogens is 476 g/mol. The van der Waals surface area contributed by atoms with Gasteiger partial charge in [-0.05, 0) is 38.1 Å². The van der Waals surface area contributed by atoms with Crippen LogP contribution in [0.3, 0.4) is 0 Å². The zero-order valence-electron chi connectivity index (χ0n) is 20.7. The smallest absolute Gasteiger partial charge is 0.326 e. The van der Waals surface area contributed by atoms with E-state index < -0.39 is 66.2 Å². The molecule has 4 atom stereocenters. The summed E-state index contributed by atoms with van der Waals surface area (Å²) in [6, 6.07) is -4.95. The predicted octanol–water partition coefficient (Wildman–Crippen LogP) is -2.83. The Morgan fingerprint density at radius 2 is 1.44 bits per heavy atom. The topological polar surface area (TPSA) is 278 Å². The van der Waals surface area contributed by atoms with Crippen molar-refractivity contribution in [3.8, 4) is 0 Å². The summed E-state index contributed by atoms with van der Waals surface area (Å²) in [5.74, 6) is -5.75. The second-order valence-corrected chi connectivity index (χ2v) is 8.63. The van der Waals surface area contributed by atoms with Gasteiger partial charge in [-0.2, -0.15) is 0 Å². The number of nitrogens with two attached hydrogens (primary N) is 4. The Balaban J connectivity index is 5.35. The summed E-state index contributed by atoms with van der Waals surface area (Å²) in [6.45, 7) is 3.88. The Morgan fingerprint density at radius 3 is 1.94 bits per heavy atom. The van der Waals surface area contributed by atoms with Crippen molar-refractivity contribution in [3.63, 3.8) is 0 Å². The number of aliphatic imine (C=N–C) groups is 1. The average molecular weight is 517 g/mol. The normalized spacial score (nSPS) is 14.1. The van der Waals surface area contributed by atoms with Crippen LogP contribution in [0.15, 0.2) is 4.99 Å². The van der Waals surface area contributed by atoms with Crippen LogP contribution < -0.4 is 38.9 Å². The molecule has 0 radical (unpaired) electrons. The van der Waals surface area contributed by atoms with Crippen LogP contribution in [0, 0.1) is 5.92 Å². The SMILES string of the molecule is CC(C)C(NC(=O)C(N)CCCCN)C(=O)NC(CC(=O)O)C(=O)NC(CCCN=C(N)N)C(=O)O. The summed E-state index contributed by atoms with van der Waals surface area (Å²) >= 11 is 0. The fourth-order valence-corrected chi connectivity index (χ4v) is 3.11. The summed E-state index contributed by atoms with van der Waals surface area (Å²) < 4.78 is 0. The highest BCUT2D eigenvalue weighted by Crippen LogP contribution is 2.07. The highest BCUT2D eigenvalue weighted by atomic mass is 16.4. The maximum Gasteiger partial charge on any atom is 0.326 e. The molecule has 36 heavy (non-hydrogen) atoms. The average Bonchev–Trinajstić information content (AvgIpc) is 2.77. The number of nitrogens with one attached hydrogen (secondary N) is 3. The monoisotopic (exact) mass is 516 g/mol. The first-order valence-electron chi connectivity index (χ1n) is 11.7. The first kappa shape index (κ1) is 32.5. The Hall–Kier alpha value is -3.46. The van der Waals surface area contributed by atoms with Gasteiger partial charge in [-0.3, -0.25) is 24.2 Å². The summed E-state index contributed by atoms with van der Waals surface area (Å²) in [6.07, 6.45) is 1.04. The molecule has 206 valence electrons. The number of hydrogen-bond acceptors (Lipinski definition) is 8. The molecule has 0 aliphatic rings. The van der Waals surface area contributed by atoms with E-state index in [1.54, 1.807) is 13.8 Å². The van der Waals surface area contributed by atoms with Gasteiger partial charge in [0.05, 0.1) is 12.5 Å². The van der Waals surface area contributed by atoms with Crippen LogP contribution in [-0.4, -0.2) is 83.1 Å². The molecule has 0 heterocycles. The minimum absolute atomic E-state index is 0.0433. The molecule has 0 bridgehead atoms. The number of carboxylic acid groups (broad SMARTS) is 2. The molecule has 0 aromatic heterocycles. The number of carbonyl (C=O) groups excluding carboxylic acids is 3. The molecule has 0 aliphatic carbocycles. The molecule has 15 heteroatoms. The van der Waals surface area contributed by atoms with Crippen LogP contribution in [0.4, 0.5) is 0 Å². The van der Waals surface area contributed by atoms with Crippen molar-refractivity contribution >= 4 is 35.6 Å². The van der Waals surface area contributed by atoms with Gasteiger partial charge in [0.15, 0.2) is 5.96 Å². The van der Waals surface area contributed by atoms with Crippen molar-refractivity contribution < 1.29 is 34.2 Å². The van der Waals surface area contributed by atoms with E-state index >= 15 is 0 Å². The molecule has 0 saturated carbocycles. The maximum absolute atomic E-state index is 12.9. The van der Waals surface area contributed by atoms with E-state index in [0.717, 1.165) is 0 Å². The number of amides is 3. The van der Waals surface area contributed by atoms with Crippen molar-refractivity contribution in [3.05, 3.63) is 0 Å². The zero-order chi connectivity index (χ0) is 27.8. The van der Waals surface area contributed by atoms with Gasteiger partial charge in [0.25, 0.3) is 0 Å². The summed E-state index contributed by atoms with van der Waals surface area (Å²) in [5.41, 5.74) is 21.7.